The first-order valence-corrected chi connectivity index (χ1v) is 13.6. The Morgan fingerprint density at radius 2 is 1.29 bits per heavy atom. The standard InChI is InChI=1S/C26H28N2O4.C6H8O7/c1-27(2)18-7-19-32-24-16-12-21(13-17-24)25(20-10-14-23(31-3)15-11-20)26(28(29)30)22-8-5-4-6-9-22;7-3(8)1-6(13,5(11)12)2-4(9)10/h4-6,8-17H,7,18-19H2,1-3H3;13H,1-2H2,(H,7,8)(H,9,10)(H,11,12)/b26-25+;. The normalized spacial score (nSPS) is 11.5. The zero-order chi connectivity index (χ0) is 33.6. The Balaban J connectivity index is 0.000000459. The predicted octanol–water partition coefficient (Wildman–Crippen LogP) is 3.97. The van der Waals surface area contributed by atoms with Gasteiger partial charge in [0.1, 0.15) is 11.5 Å². The van der Waals surface area contributed by atoms with Gasteiger partial charge in [-0.15, -0.1) is 0 Å². The lowest BCUT2D eigenvalue weighted by Crippen LogP contribution is -2.42. The first-order chi connectivity index (χ1) is 21.3. The summed E-state index contributed by atoms with van der Waals surface area (Å²) in [6, 6.07) is 23.7. The van der Waals surface area contributed by atoms with Crippen molar-refractivity contribution < 1.29 is 49.2 Å². The molecule has 3 rings (SSSR count). The van der Waals surface area contributed by atoms with Crippen LogP contribution in [-0.2, 0) is 14.4 Å². The van der Waals surface area contributed by atoms with Gasteiger partial charge in [0, 0.05) is 6.54 Å². The van der Waals surface area contributed by atoms with Crippen molar-refractivity contribution in [1.29, 1.82) is 0 Å². The molecule has 0 aliphatic rings. The maximum Gasteiger partial charge on any atom is 0.336 e. The number of nitro groups is 1. The number of hydrogen-bond donors (Lipinski definition) is 4. The van der Waals surface area contributed by atoms with Crippen LogP contribution in [0.4, 0.5) is 0 Å². The molecular weight excluding hydrogens is 588 g/mol. The topological polar surface area (TPSA) is 197 Å². The molecule has 45 heavy (non-hydrogen) atoms. The van der Waals surface area contributed by atoms with E-state index in [1.54, 1.807) is 43.5 Å². The van der Waals surface area contributed by atoms with Crippen LogP contribution in [0.1, 0.15) is 36.0 Å². The summed E-state index contributed by atoms with van der Waals surface area (Å²) in [7, 11) is 5.65. The molecule has 3 aromatic rings. The summed E-state index contributed by atoms with van der Waals surface area (Å²) < 4.78 is 11.1. The van der Waals surface area contributed by atoms with Crippen LogP contribution < -0.4 is 9.47 Å². The zero-order valence-electron chi connectivity index (χ0n) is 25.1. The van der Waals surface area contributed by atoms with Crippen molar-refractivity contribution in [3.8, 4) is 11.5 Å². The highest BCUT2D eigenvalue weighted by atomic mass is 16.6. The van der Waals surface area contributed by atoms with Gasteiger partial charge in [-0.25, -0.2) is 4.79 Å². The number of aliphatic carboxylic acids is 3. The highest BCUT2D eigenvalue weighted by molar-refractivity contribution is 5.95. The lowest BCUT2D eigenvalue weighted by Gasteiger charge is -2.18. The highest BCUT2D eigenvalue weighted by Gasteiger charge is 2.40. The van der Waals surface area contributed by atoms with Gasteiger partial charge in [0.05, 0.1) is 42.6 Å². The average molecular weight is 625 g/mol. The van der Waals surface area contributed by atoms with Crippen LogP contribution in [0.15, 0.2) is 78.9 Å². The quantitative estimate of drug-likeness (QED) is 0.0823. The molecule has 240 valence electrons. The average Bonchev–Trinajstić information content (AvgIpc) is 2.98. The van der Waals surface area contributed by atoms with Crippen LogP contribution in [0.2, 0.25) is 0 Å². The third-order valence-corrected chi connectivity index (χ3v) is 6.29. The van der Waals surface area contributed by atoms with E-state index >= 15 is 0 Å². The van der Waals surface area contributed by atoms with Crippen LogP contribution in [0.25, 0.3) is 11.3 Å². The van der Waals surface area contributed by atoms with E-state index in [-0.39, 0.29) is 10.6 Å². The number of carboxylic acids is 3. The van der Waals surface area contributed by atoms with Crippen molar-refractivity contribution >= 4 is 29.2 Å². The number of benzene rings is 3. The van der Waals surface area contributed by atoms with Gasteiger partial charge in [-0.1, -0.05) is 42.5 Å². The molecule has 13 nitrogen and oxygen atoms in total. The summed E-state index contributed by atoms with van der Waals surface area (Å²) in [6.45, 7) is 1.56. The SMILES string of the molecule is COc1ccc(/C(=C(/c2ccccc2)[N+](=O)[O-])c2ccc(OCCCN(C)C)cc2)cc1.O=C(O)CC(O)(CC(=O)O)C(=O)O. The second-order valence-electron chi connectivity index (χ2n) is 10.1. The summed E-state index contributed by atoms with van der Waals surface area (Å²) in [4.78, 5) is 44.5. The third-order valence-electron chi connectivity index (χ3n) is 6.29. The molecule has 3 aromatic carbocycles. The molecule has 13 heteroatoms. The van der Waals surface area contributed by atoms with Crippen molar-refractivity contribution in [3.05, 3.63) is 106 Å². The van der Waals surface area contributed by atoms with Crippen LogP contribution in [-0.4, -0.2) is 88.1 Å². The number of ether oxygens (including phenoxy) is 2. The Labute approximate surface area is 259 Å². The van der Waals surface area contributed by atoms with E-state index in [1.807, 2.05) is 56.6 Å². The fourth-order valence-corrected chi connectivity index (χ4v) is 4.14. The number of carboxylic acid groups (broad SMARTS) is 3. The number of carbonyl (C=O) groups is 3. The van der Waals surface area contributed by atoms with Gasteiger partial charge in [0.15, 0.2) is 5.60 Å². The molecule has 0 aliphatic heterocycles. The second-order valence-corrected chi connectivity index (χ2v) is 10.1. The molecule has 0 heterocycles. The minimum atomic E-state index is -2.74. The van der Waals surface area contributed by atoms with Gasteiger partial charge in [-0.05, 0) is 68.0 Å². The van der Waals surface area contributed by atoms with Crippen LogP contribution in [0.3, 0.4) is 0 Å². The Morgan fingerprint density at radius 1 is 0.800 bits per heavy atom. The molecule has 0 saturated heterocycles. The minimum Gasteiger partial charge on any atom is -0.497 e. The summed E-state index contributed by atoms with van der Waals surface area (Å²) >= 11 is 0. The van der Waals surface area contributed by atoms with Gasteiger partial charge in [0.25, 0.3) is 5.70 Å². The predicted molar refractivity (Wildman–Crippen MR) is 165 cm³/mol. The van der Waals surface area contributed by atoms with Gasteiger partial charge < -0.3 is 34.8 Å². The van der Waals surface area contributed by atoms with Crippen molar-refractivity contribution in [2.45, 2.75) is 24.9 Å². The van der Waals surface area contributed by atoms with Gasteiger partial charge in [-0.3, -0.25) is 19.7 Å². The molecular formula is C32H36N2O11. The third kappa shape index (κ3) is 11.4. The molecule has 0 radical (unpaired) electrons. The minimum absolute atomic E-state index is 0.0513. The van der Waals surface area contributed by atoms with Crippen molar-refractivity contribution in [2.24, 2.45) is 0 Å². The zero-order valence-corrected chi connectivity index (χ0v) is 25.1. The molecule has 0 fully saturated rings. The second kappa shape index (κ2) is 17.1. The lowest BCUT2D eigenvalue weighted by molar-refractivity contribution is -0.374. The maximum atomic E-state index is 12.2. The van der Waals surface area contributed by atoms with Crippen LogP contribution >= 0.6 is 0 Å². The van der Waals surface area contributed by atoms with E-state index in [9.17, 15) is 24.5 Å². The molecule has 0 unspecified atom stereocenters. The molecule has 0 saturated carbocycles. The van der Waals surface area contributed by atoms with Crippen LogP contribution in [0.5, 0.6) is 11.5 Å². The number of rotatable bonds is 15. The fourth-order valence-electron chi connectivity index (χ4n) is 4.14. The van der Waals surface area contributed by atoms with Crippen molar-refractivity contribution in [3.63, 3.8) is 0 Å². The summed E-state index contributed by atoms with van der Waals surface area (Å²) in [5.74, 6) is -3.59. The van der Waals surface area contributed by atoms with Gasteiger partial charge in [0.2, 0.25) is 0 Å². The number of aliphatic hydroxyl groups is 1. The maximum absolute atomic E-state index is 12.2. The van der Waals surface area contributed by atoms with Gasteiger partial charge in [-0.2, -0.15) is 0 Å². The summed E-state index contributed by atoms with van der Waals surface area (Å²) in [5, 5.41) is 46.0. The number of methoxy groups -OCH3 is 1. The molecule has 0 aliphatic carbocycles. The van der Waals surface area contributed by atoms with Gasteiger partial charge >= 0.3 is 17.9 Å². The largest absolute Gasteiger partial charge is 0.497 e. The Kier molecular flexibility index (Phi) is 13.7. The Morgan fingerprint density at radius 3 is 1.69 bits per heavy atom. The van der Waals surface area contributed by atoms with Crippen molar-refractivity contribution in [1.82, 2.24) is 4.90 Å². The number of nitrogens with zero attached hydrogens (tertiary/aromatic N) is 2. The Hall–Kier alpha value is -5.27. The highest BCUT2D eigenvalue weighted by Crippen LogP contribution is 2.34. The van der Waals surface area contributed by atoms with E-state index < -0.39 is 36.4 Å². The Bertz CT molecular complexity index is 1450. The van der Waals surface area contributed by atoms with E-state index in [0.29, 0.717) is 23.5 Å². The van der Waals surface area contributed by atoms with E-state index in [2.05, 4.69) is 4.90 Å². The van der Waals surface area contributed by atoms with Crippen molar-refractivity contribution in [2.75, 3.05) is 34.4 Å². The molecule has 0 spiro atoms. The monoisotopic (exact) mass is 624 g/mol. The molecule has 4 N–H and O–H groups in total. The molecule has 0 bridgehead atoms. The smallest absolute Gasteiger partial charge is 0.336 e. The first-order valence-electron chi connectivity index (χ1n) is 13.6. The summed E-state index contributed by atoms with van der Waals surface area (Å²) in [5.41, 5.74) is -0.115. The fraction of sp³-hybridized carbons (Fsp3) is 0.281. The molecule has 0 amide bonds. The molecule has 0 aromatic heterocycles. The summed E-state index contributed by atoms with van der Waals surface area (Å²) in [6.07, 6.45) is -1.37. The molecule has 0 atom stereocenters. The van der Waals surface area contributed by atoms with E-state index in [0.717, 1.165) is 29.8 Å². The van der Waals surface area contributed by atoms with E-state index in [1.165, 1.54) is 0 Å². The first kappa shape index (κ1) is 35.9. The van der Waals surface area contributed by atoms with Crippen LogP contribution in [0, 0.1) is 10.1 Å². The van der Waals surface area contributed by atoms with E-state index in [4.69, 9.17) is 29.9 Å². The lowest BCUT2D eigenvalue weighted by atomic mass is 9.93. The number of hydrogen-bond acceptors (Lipinski definition) is 9.